The first kappa shape index (κ1) is 45.2. The van der Waals surface area contributed by atoms with Crippen molar-refractivity contribution in [1.29, 1.82) is 0 Å². The summed E-state index contributed by atoms with van der Waals surface area (Å²) >= 11 is 0. The van der Waals surface area contributed by atoms with Crippen molar-refractivity contribution < 1.29 is 41.8 Å². The van der Waals surface area contributed by atoms with E-state index in [-0.39, 0.29) is 31.4 Å². The molecule has 2 aliphatic heterocycles. The molecule has 2 bridgehead atoms. The maximum Gasteiger partial charge on any atom is 0.408 e. The summed E-state index contributed by atoms with van der Waals surface area (Å²) in [7, 11) is -2.00. The molecule has 2 aromatic carbocycles. The molecule has 3 N–H and O–H groups in total. The third-order valence-electron chi connectivity index (χ3n) is 13.8. The summed E-state index contributed by atoms with van der Waals surface area (Å²) in [5.74, 6) is -1.31. The highest BCUT2D eigenvalue weighted by Gasteiger charge is 2.63. The predicted molar refractivity (Wildman–Crippen MR) is 242 cm³/mol. The van der Waals surface area contributed by atoms with Crippen LogP contribution in [-0.2, 0) is 35.6 Å². The average Bonchev–Trinajstić information content (AvgIpc) is 4.22. The van der Waals surface area contributed by atoms with Gasteiger partial charge in [-0.05, 0) is 87.5 Å². The highest BCUT2D eigenvalue weighted by molar-refractivity contribution is 7.91. The minimum atomic E-state index is -4.02. The molecule has 5 aliphatic rings. The molecule has 0 spiro atoms. The van der Waals surface area contributed by atoms with Crippen LogP contribution in [0.2, 0.25) is 0 Å². The summed E-state index contributed by atoms with van der Waals surface area (Å²) in [5.41, 5.74) is 0.131. The maximum absolute atomic E-state index is 14.9. The molecule has 0 unspecified atom stereocenters. The Balaban J connectivity index is 1.13. The second-order valence-corrected chi connectivity index (χ2v) is 21.9. The number of carbonyl (C=O) groups is 4. The number of alkyl carbamates (subject to hydrolysis) is 1. The fourth-order valence-corrected chi connectivity index (χ4v) is 10.4. The predicted octanol–water partition coefficient (Wildman–Crippen LogP) is 5.80. The van der Waals surface area contributed by atoms with Gasteiger partial charge in [-0.3, -0.25) is 19.1 Å². The molecule has 8 rings (SSSR count). The zero-order valence-electron chi connectivity index (χ0n) is 37.6. The average molecular weight is 899 g/mol. The summed E-state index contributed by atoms with van der Waals surface area (Å²) < 4.78 is 46.9. The van der Waals surface area contributed by atoms with Crippen LogP contribution in [0.25, 0.3) is 10.9 Å². The van der Waals surface area contributed by atoms with Gasteiger partial charge in [-0.25, -0.2) is 18.2 Å². The maximum atomic E-state index is 14.9. The van der Waals surface area contributed by atoms with E-state index in [0.29, 0.717) is 49.6 Å². The van der Waals surface area contributed by atoms with Crippen LogP contribution < -0.4 is 29.7 Å². The number of anilines is 1. The monoisotopic (exact) mass is 898 g/mol. The van der Waals surface area contributed by atoms with Gasteiger partial charge in [0.2, 0.25) is 27.7 Å². The van der Waals surface area contributed by atoms with Crippen LogP contribution in [-0.4, -0.2) is 103 Å². The molecule has 1 saturated heterocycles. The molecule has 4 fully saturated rings. The molecule has 7 atom stereocenters. The van der Waals surface area contributed by atoms with E-state index in [1.54, 1.807) is 6.92 Å². The van der Waals surface area contributed by atoms with Crippen LogP contribution in [0.1, 0.15) is 91.0 Å². The SMILES string of the molecule is C=C[C@@H]1C[C@]1(NC(=O)[C@@H]1C[C@@H]2CN1C(=O)[C@H](C(C)(C)C)NC(=O)O[C@@H]1C[C@H]1CCCCCc1c(nc3ccccc3c1OCCN(C)c1ccccc1)O2)C(=O)NS(=O)(=O)C1(C)CC1. The van der Waals surface area contributed by atoms with Crippen molar-refractivity contribution in [3.05, 3.63) is 72.8 Å². The van der Waals surface area contributed by atoms with Gasteiger partial charge >= 0.3 is 6.09 Å². The number of para-hydroxylation sites is 2. The van der Waals surface area contributed by atoms with Crippen LogP contribution in [0.4, 0.5) is 10.5 Å². The number of amides is 4. The molecule has 16 heteroatoms. The van der Waals surface area contributed by atoms with Crippen molar-refractivity contribution in [1.82, 2.24) is 25.2 Å². The molecule has 3 aromatic rings. The Labute approximate surface area is 376 Å². The normalized spacial score (nSPS) is 27.8. The molecule has 3 aliphatic carbocycles. The fourth-order valence-electron chi connectivity index (χ4n) is 9.09. The Morgan fingerprint density at radius 1 is 1.05 bits per heavy atom. The number of sulfonamides is 1. The Bertz CT molecular complexity index is 2400. The van der Waals surface area contributed by atoms with Crippen LogP contribution in [0.3, 0.4) is 0 Å². The van der Waals surface area contributed by atoms with E-state index in [4.69, 9.17) is 19.2 Å². The number of hydrogen-bond acceptors (Lipinski definition) is 11. The molecular weight excluding hydrogens is 837 g/mol. The van der Waals surface area contributed by atoms with Crippen molar-refractivity contribution in [2.24, 2.45) is 17.3 Å². The van der Waals surface area contributed by atoms with Crippen LogP contribution in [0.5, 0.6) is 11.6 Å². The largest absolute Gasteiger partial charge is 0.491 e. The molecule has 0 radical (unpaired) electrons. The molecule has 344 valence electrons. The minimum absolute atomic E-state index is 0.0153. The van der Waals surface area contributed by atoms with E-state index >= 15 is 0 Å². The van der Waals surface area contributed by atoms with E-state index in [1.807, 2.05) is 70.3 Å². The third-order valence-corrected chi connectivity index (χ3v) is 15.9. The number of carbonyl (C=O) groups excluding carboxylic acids is 4. The van der Waals surface area contributed by atoms with E-state index in [9.17, 15) is 27.6 Å². The third kappa shape index (κ3) is 9.38. The van der Waals surface area contributed by atoms with Gasteiger partial charge in [0.1, 0.15) is 42.2 Å². The number of pyridine rings is 1. The second kappa shape index (κ2) is 17.5. The molecule has 1 aromatic heterocycles. The Hall–Kier alpha value is -5.38. The summed E-state index contributed by atoms with van der Waals surface area (Å²) in [6, 6.07) is 15.6. The van der Waals surface area contributed by atoms with Gasteiger partial charge < -0.3 is 34.6 Å². The van der Waals surface area contributed by atoms with Crippen molar-refractivity contribution in [3.8, 4) is 11.6 Å². The van der Waals surface area contributed by atoms with Crippen molar-refractivity contribution >= 4 is 50.4 Å². The number of aromatic nitrogens is 1. The molecule has 4 amide bonds. The van der Waals surface area contributed by atoms with Gasteiger partial charge in [0.15, 0.2) is 0 Å². The molecule has 64 heavy (non-hydrogen) atoms. The number of nitrogens with zero attached hydrogens (tertiary/aromatic N) is 3. The smallest absolute Gasteiger partial charge is 0.408 e. The van der Waals surface area contributed by atoms with E-state index in [0.717, 1.165) is 48.7 Å². The van der Waals surface area contributed by atoms with E-state index < -0.39 is 73.6 Å². The van der Waals surface area contributed by atoms with Crippen LogP contribution in [0, 0.1) is 17.3 Å². The quantitative estimate of drug-likeness (QED) is 0.198. The van der Waals surface area contributed by atoms with Crippen molar-refractivity contribution in [3.63, 3.8) is 0 Å². The highest BCUT2D eigenvalue weighted by Crippen LogP contribution is 2.47. The number of ether oxygens (including phenoxy) is 3. The van der Waals surface area contributed by atoms with Crippen LogP contribution >= 0.6 is 0 Å². The first-order chi connectivity index (χ1) is 30.4. The number of likely N-dealkylation sites (N-methyl/N-ethyl adjacent to an activating group) is 1. The molecule has 3 heterocycles. The molecular formula is C48H62N6O9S. The number of hydrogen-bond donors (Lipinski definition) is 3. The zero-order valence-corrected chi connectivity index (χ0v) is 38.4. The van der Waals surface area contributed by atoms with Gasteiger partial charge in [0.05, 0.1) is 28.9 Å². The lowest BCUT2D eigenvalue weighted by atomic mass is 9.85. The highest BCUT2D eigenvalue weighted by atomic mass is 32.2. The molecule has 15 nitrogen and oxygen atoms in total. The number of rotatable bonds is 11. The summed E-state index contributed by atoms with van der Waals surface area (Å²) in [4.78, 5) is 65.4. The van der Waals surface area contributed by atoms with Gasteiger partial charge in [-0.15, -0.1) is 6.58 Å². The summed E-state index contributed by atoms with van der Waals surface area (Å²) in [5, 5.41) is 6.54. The van der Waals surface area contributed by atoms with Gasteiger partial charge in [-0.1, -0.05) is 70.0 Å². The lowest BCUT2D eigenvalue weighted by molar-refractivity contribution is -0.142. The van der Waals surface area contributed by atoms with Crippen molar-refractivity contribution in [2.75, 3.05) is 31.6 Å². The topological polar surface area (TPSA) is 186 Å². The van der Waals surface area contributed by atoms with E-state index in [1.165, 1.54) is 11.0 Å². The summed E-state index contributed by atoms with van der Waals surface area (Å²) in [6.07, 6.45) is 5.74. The van der Waals surface area contributed by atoms with Crippen LogP contribution in [0.15, 0.2) is 67.3 Å². The zero-order chi connectivity index (χ0) is 45.6. The first-order valence-electron chi connectivity index (χ1n) is 22.7. The van der Waals surface area contributed by atoms with Crippen molar-refractivity contribution in [2.45, 2.75) is 126 Å². The molecule has 3 saturated carbocycles. The van der Waals surface area contributed by atoms with E-state index in [2.05, 4.69) is 39.0 Å². The minimum Gasteiger partial charge on any atom is -0.491 e. The number of fused-ring (bicyclic) bond motifs is 5. The number of benzene rings is 2. The lowest BCUT2D eigenvalue weighted by Crippen LogP contribution is -2.60. The lowest BCUT2D eigenvalue weighted by Gasteiger charge is -2.35. The fraction of sp³-hybridized carbons (Fsp3) is 0.562. The standard InChI is InChI=1S/C48H62N6O9S/c1-7-31-28-48(31,44(57)52-64(59,60)47(5)22-23-47)51-41(55)37-27-33-29-54(37)43(56)40(46(2,3)4)50-45(58)63-38-26-30(38)16-10-8-13-20-35-39(34-19-14-15-21-36(34)49-42(35)62-33)61-25-24-53(6)32-17-11-9-12-18-32/h7,9,11-12,14-15,17-19,21,30-31,33,37-38,40H,1,8,10,13,16,20,22-29H2,2-6H3,(H,50,58)(H,51,55)(H,52,57)/t30-,31-,33-,37+,38-,40-,48-/m1/s1. The summed E-state index contributed by atoms with van der Waals surface area (Å²) in [6.45, 7) is 11.8. The van der Waals surface area contributed by atoms with Gasteiger partial charge in [0, 0.05) is 30.5 Å². The second-order valence-electron chi connectivity index (χ2n) is 19.7. The Morgan fingerprint density at radius 2 is 1.78 bits per heavy atom. The van der Waals surface area contributed by atoms with Gasteiger partial charge in [-0.2, -0.15) is 0 Å². The Morgan fingerprint density at radius 3 is 2.48 bits per heavy atom. The van der Waals surface area contributed by atoms with Gasteiger partial charge in [0.25, 0.3) is 5.91 Å². The Kier molecular flexibility index (Phi) is 12.4. The first-order valence-corrected chi connectivity index (χ1v) is 24.2. The number of nitrogens with one attached hydrogen (secondary N) is 3.